The summed E-state index contributed by atoms with van der Waals surface area (Å²) in [7, 11) is 0. The van der Waals surface area contributed by atoms with E-state index in [4.69, 9.17) is 0 Å². The normalized spacial score (nSPS) is 10.2. The first-order chi connectivity index (χ1) is 11.2. The fourth-order valence-corrected chi connectivity index (χ4v) is 2.62. The molecule has 2 aromatic heterocycles. The van der Waals surface area contributed by atoms with E-state index in [-0.39, 0.29) is 30.6 Å². The van der Waals surface area contributed by atoms with Crippen LogP contribution in [0.4, 0.5) is 4.39 Å². The Kier molecular flexibility index (Phi) is 5.77. The van der Waals surface area contributed by atoms with Crippen molar-refractivity contribution < 1.29 is 4.39 Å². The molecule has 0 spiro atoms. The van der Waals surface area contributed by atoms with Gasteiger partial charge in [-0.15, -0.1) is 24.8 Å². The quantitative estimate of drug-likeness (QED) is 0.470. The third kappa shape index (κ3) is 3.81. The number of aromatic nitrogens is 3. The van der Waals surface area contributed by atoms with E-state index in [2.05, 4.69) is 16.0 Å². The molecule has 0 bridgehead atoms. The molecule has 0 atom stereocenters. The third-order valence-electron chi connectivity index (χ3n) is 3.82. The number of rotatable bonds is 2. The molecule has 0 fully saturated rings. The van der Waals surface area contributed by atoms with E-state index in [1.54, 1.807) is 18.5 Å². The van der Waals surface area contributed by atoms with Crippen LogP contribution in [0.1, 0.15) is 5.69 Å². The van der Waals surface area contributed by atoms with Gasteiger partial charge in [0, 0.05) is 22.8 Å². The molecule has 0 aliphatic rings. The van der Waals surface area contributed by atoms with Crippen LogP contribution in [0, 0.1) is 12.7 Å². The Hall–Kier alpha value is -2.43. The Morgan fingerprint density at radius 2 is 1.68 bits per heavy atom. The summed E-state index contributed by atoms with van der Waals surface area (Å²) >= 11 is 0. The van der Waals surface area contributed by atoms with E-state index in [9.17, 15) is 4.39 Å². The second-order valence-electron chi connectivity index (χ2n) is 5.50. The van der Waals surface area contributed by atoms with Crippen LogP contribution < -0.4 is 0 Å². The van der Waals surface area contributed by atoms with Crippen LogP contribution in [0.5, 0.6) is 0 Å². The summed E-state index contributed by atoms with van der Waals surface area (Å²) in [6.45, 7) is 1.97. The average Bonchev–Trinajstić information content (AvgIpc) is 3.01. The van der Waals surface area contributed by atoms with Crippen LogP contribution in [0.25, 0.3) is 27.8 Å². The third-order valence-corrected chi connectivity index (χ3v) is 3.82. The lowest BCUT2D eigenvalue weighted by Crippen LogP contribution is -1.91. The van der Waals surface area contributed by atoms with Gasteiger partial charge in [-0.05, 0) is 55.5 Å². The molecule has 2 aromatic carbocycles. The fraction of sp³-hybridized carbons (Fsp3) is 0.0526. The van der Waals surface area contributed by atoms with Crippen molar-refractivity contribution in [3.8, 4) is 16.9 Å². The number of aryl methyl sites for hydroxylation is 1. The van der Waals surface area contributed by atoms with E-state index in [1.165, 1.54) is 12.1 Å². The van der Waals surface area contributed by atoms with Gasteiger partial charge in [-0.25, -0.2) is 14.4 Å². The van der Waals surface area contributed by atoms with Gasteiger partial charge in [-0.2, -0.15) is 0 Å². The summed E-state index contributed by atoms with van der Waals surface area (Å²) in [6.07, 6.45) is 3.79. The zero-order valence-corrected chi connectivity index (χ0v) is 15.0. The molecular weight excluding hydrogens is 360 g/mol. The molecular formula is C19H16Cl2FN3. The molecule has 0 unspecified atom stereocenters. The lowest BCUT2D eigenvalue weighted by Gasteiger charge is -2.06. The minimum absolute atomic E-state index is 0. The zero-order chi connectivity index (χ0) is 15.8. The summed E-state index contributed by atoms with van der Waals surface area (Å²) in [4.78, 5) is 8.92. The summed E-state index contributed by atoms with van der Waals surface area (Å²) in [5.74, 6) is -0.241. The highest BCUT2D eigenvalue weighted by molar-refractivity contribution is 5.85. The van der Waals surface area contributed by atoms with Crippen LogP contribution in [-0.4, -0.2) is 14.5 Å². The first kappa shape index (κ1) is 18.9. The van der Waals surface area contributed by atoms with Gasteiger partial charge in [0.25, 0.3) is 0 Å². The summed E-state index contributed by atoms with van der Waals surface area (Å²) in [6, 6.07) is 16.5. The van der Waals surface area contributed by atoms with Crippen molar-refractivity contribution in [1.82, 2.24) is 14.5 Å². The zero-order valence-electron chi connectivity index (χ0n) is 13.4. The Morgan fingerprint density at radius 1 is 0.920 bits per heavy atom. The standard InChI is InChI=1S/C19H14FN3.2ClH/c1-13-11-23(12-21-13)17-7-9-19-15(10-17)4-8-18(22-19)14-2-5-16(20)6-3-14;;/h2-12H,1H3;2*1H. The molecule has 3 nitrogen and oxygen atoms in total. The van der Waals surface area contributed by atoms with Gasteiger partial charge in [0.05, 0.1) is 23.2 Å². The Labute approximate surface area is 157 Å². The lowest BCUT2D eigenvalue weighted by molar-refractivity contribution is 0.628. The number of fused-ring (bicyclic) bond motifs is 1. The van der Waals surface area contributed by atoms with Crippen molar-refractivity contribution in [3.05, 3.63) is 78.6 Å². The van der Waals surface area contributed by atoms with Crippen LogP contribution in [0.2, 0.25) is 0 Å². The summed E-state index contributed by atoms with van der Waals surface area (Å²) < 4.78 is 15.0. The fourth-order valence-electron chi connectivity index (χ4n) is 2.62. The molecule has 0 aliphatic heterocycles. The van der Waals surface area contributed by atoms with Crippen LogP contribution in [0.15, 0.2) is 67.1 Å². The van der Waals surface area contributed by atoms with Gasteiger partial charge >= 0.3 is 0 Å². The van der Waals surface area contributed by atoms with Crippen LogP contribution >= 0.6 is 24.8 Å². The van der Waals surface area contributed by atoms with E-state index >= 15 is 0 Å². The molecule has 4 aromatic rings. The minimum Gasteiger partial charge on any atom is -0.306 e. The molecule has 0 N–H and O–H groups in total. The highest BCUT2D eigenvalue weighted by atomic mass is 35.5. The largest absolute Gasteiger partial charge is 0.306 e. The molecule has 0 radical (unpaired) electrons. The van der Waals surface area contributed by atoms with Crippen molar-refractivity contribution in [1.29, 1.82) is 0 Å². The van der Waals surface area contributed by atoms with E-state index in [1.807, 2.05) is 42.0 Å². The Morgan fingerprint density at radius 3 is 2.36 bits per heavy atom. The molecule has 4 rings (SSSR count). The Balaban J connectivity index is 0.00000113. The van der Waals surface area contributed by atoms with Gasteiger partial charge in [0.2, 0.25) is 0 Å². The average molecular weight is 376 g/mol. The van der Waals surface area contributed by atoms with E-state index in [0.29, 0.717) is 0 Å². The second-order valence-corrected chi connectivity index (χ2v) is 5.50. The number of nitrogens with zero attached hydrogens (tertiary/aromatic N) is 3. The first-order valence-electron chi connectivity index (χ1n) is 7.37. The smallest absolute Gasteiger partial charge is 0.123 e. The second kappa shape index (κ2) is 7.64. The monoisotopic (exact) mass is 375 g/mol. The molecule has 128 valence electrons. The van der Waals surface area contributed by atoms with Gasteiger partial charge in [-0.3, -0.25) is 0 Å². The molecule has 6 heteroatoms. The number of pyridine rings is 1. The van der Waals surface area contributed by atoms with Gasteiger partial charge < -0.3 is 4.57 Å². The summed E-state index contributed by atoms with van der Waals surface area (Å²) in [5.41, 5.74) is 4.68. The van der Waals surface area contributed by atoms with Crippen molar-refractivity contribution in [2.45, 2.75) is 6.92 Å². The van der Waals surface area contributed by atoms with Crippen molar-refractivity contribution in [2.75, 3.05) is 0 Å². The molecule has 2 heterocycles. The Bertz CT molecular complexity index is 997. The SMILES string of the molecule is Cc1cn(-c2ccc3nc(-c4ccc(F)cc4)ccc3c2)cn1.Cl.Cl. The highest BCUT2D eigenvalue weighted by Crippen LogP contribution is 2.23. The molecule has 25 heavy (non-hydrogen) atoms. The minimum atomic E-state index is -0.241. The maximum Gasteiger partial charge on any atom is 0.123 e. The lowest BCUT2D eigenvalue weighted by atomic mass is 10.1. The molecule has 0 saturated carbocycles. The van der Waals surface area contributed by atoms with Gasteiger partial charge in [0.1, 0.15) is 5.82 Å². The van der Waals surface area contributed by atoms with Gasteiger partial charge in [0.15, 0.2) is 0 Å². The topological polar surface area (TPSA) is 30.7 Å². The highest BCUT2D eigenvalue weighted by Gasteiger charge is 2.04. The number of imidazole rings is 1. The predicted octanol–water partition coefficient (Wildman–Crippen LogP) is 5.38. The maximum atomic E-state index is 13.0. The number of hydrogen-bond acceptors (Lipinski definition) is 2. The van der Waals surface area contributed by atoms with Crippen molar-refractivity contribution in [3.63, 3.8) is 0 Å². The van der Waals surface area contributed by atoms with Crippen LogP contribution in [-0.2, 0) is 0 Å². The number of benzene rings is 2. The van der Waals surface area contributed by atoms with E-state index in [0.717, 1.165) is 33.5 Å². The number of hydrogen-bond donors (Lipinski definition) is 0. The van der Waals surface area contributed by atoms with Gasteiger partial charge in [-0.1, -0.05) is 6.07 Å². The summed E-state index contributed by atoms with van der Waals surface area (Å²) in [5, 5.41) is 1.06. The van der Waals surface area contributed by atoms with Crippen molar-refractivity contribution in [2.24, 2.45) is 0 Å². The molecule has 0 saturated heterocycles. The molecule has 0 aliphatic carbocycles. The predicted molar refractivity (Wildman–Crippen MR) is 103 cm³/mol. The van der Waals surface area contributed by atoms with Crippen LogP contribution in [0.3, 0.4) is 0 Å². The first-order valence-corrected chi connectivity index (χ1v) is 7.37. The maximum absolute atomic E-state index is 13.0. The van der Waals surface area contributed by atoms with E-state index < -0.39 is 0 Å². The van der Waals surface area contributed by atoms with Crippen molar-refractivity contribution >= 4 is 35.7 Å². The molecule has 0 amide bonds. The number of halogens is 3.